The van der Waals surface area contributed by atoms with Crippen molar-refractivity contribution < 1.29 is 0 Å². The summed E-state index contributed by atoms with van der Waals surface area (Å²) in [5.41, 5.74) is 3.91. The molecule has 0 bridgehead atoms. The first-order valence-electron chi connectivity index (χ1n) is 13.6. The highest BCUT2D eigenvalue weighted by atomic mass is 16.1. The smallest absolute Gasteiger partial charge is 0.296 e. The summed E-state index contributed by atoms with van der Waals surface area (Å²) in [4.78, 5) is 18.2. The molecule has 1 fully saturated rings. The number of benzene rings is 1. The van der Waals surface area contributed by atoms with Crippen LogP contribution in [-0.2, 0) is 6.54 Å². The number of aromatic amines is 1. The molecule has 4 unspecified atom stereocenters. The van der Waals surface area contributed by atoms with Gasteiger partial charge in [-0.1, -0.05) is 58.7 Å². The van der Waals surface area contributed by atoms with Crippen LogP contribution in [0.3, 0.4) is 0 Å². The highest BCUT2D eigenvalue weighted by Crippen LogP contribution is 2.52. The maximum atomic E-state index is 13.6. The fraction of sp³-hybridized carbons (Fsp3) is 0.483. The average molecular weight is 500 g/mol. The molecule has 4 aromatic rings. The van der Waals surface area contributed by atoms with E-state index in [1.807, 2.05) is 47.4 Å². The first-order chi connectivity index (χ1) is 18.0. The van der Waals surface area contributed by atoms with E-state index < -0.39 is 0 Å². The molecule has 0 amide bonds. The number of H-pyrrole nitrogens is 1. The monoisotopic (exact) mass is 499 g/mol. The number of hydrogen-bond acceptors (Lipinski definition) is 5. The third-order valence-electron chi connectivity index (χ3n) is 8.22. The molecule has 1 saturated carbocycles. The summed E-state index contributed by atoms with van der Waals surface area (Å²) in [6.45, 7) is 9.62. The van der Waals surface area contributed by atoms with Crippen molar-refractivity contribution in [2.24, 2.45) is 23.7 Å². The third kappa shape index (κ3) is 5.02. The molecule has 0 spiro atoms. The summed E-state index contributed by atoms with van der Waals surface area (Å²) in [5.74, 6) is 3.25. The molecule has 3 heterocycles. The van der Waals surface area contributed by atoms with E-state index in [9.17, 15) is 4.79 Å². The second-order valence-corrected chi connectivity index (χ2v) is 10.7. The van der Waals surface area contributed by atoms with Gasteiger partial charge in [-0.3, -0.25) is 14.1 Å². The Labute approximate surface area is 218 Å². The molecule has 1 aromatic carbocycles. The van der Waals surface area contributed by atoms with Gasteiger partial charge in [0.2, 0.25) is 0 Å². The molecule has 4 atom stereocenters. The van der Waals surface area contributed by atoms with Crippen LogP contribution < -0.4 is 5.69 Å². The van der Waals surface area contributed by atoms with Crippen LogP contribution in [0.4, 0.5) is 0 Å². The van der Waals surface area contributed by atoms with Crippen molar-refractivity contribution in [2.45, 2.75) is 66.0 Å². The zero-order valence-electron chi connectivity index (χ0n) is 22.2. The summed E-state index contributed by atoms with van der Waals surface area (Å²) in [5, 5.41) is 14.2. The summed E-state index contributed by atoms with van der Waals surface area (Å²) in [6, 6.07) is 12.4. The Hall–Kier alpha value is -3.55. The number of tetrazole rings is 1. The molecule has 5 rings (SSSR count). The summed E-state index contributed by atoms with van der Waals surface area (Å²) < 4.78 is 3.82. The van der Waals surface area contributed by atoms with Gasteiger partial charge in [-0.2, -0.15) is 0 Å². The van der Waals surface area contributed by atoms with E-state index in [4.69, 9.17) is 0 Å². The lowest BCUT2D eigenvalue weighted by Crippen LogP contribution is -2.46. The largest absolute Gasteiger partial charge is 0.328 e. The number of imidazole rings is 1. The minimum atomic E-state index is 0.0646. The second kappa shape index (κ2) is 10.8. The van der Waals surface area contributed by atoms with Crippen LogP contribution in [0.25, 0.3) is 22.5 Å². The Balaban J connectivity index is 1.39. The lowest BCUT2D eigenvalue weighted by molar-refractivity contribution is -0.0130. The molecule has 0 saturated heterocycles. The van der Waals surface area contributed by atoms with E-state index in [-0.39, 0.29) is 11.7 Å². The van der Waals surface area contributed by atoms with Gasteiger partial charge in [0.05, 0.1) is 12.2 Å². The van der Waals surface area contributed by atoms with Crippen LogP contribution >= 0.6 is 0 Å². The Morgan fingerprint density at radius 1 is 1.08 bits per heavy atom. The Morgan fingerprint density at radius 2 is 1.89 bits per heavy atom. The van der Waals surface area contributed by atoms with E-state index in [0.717, 1.165) is 35.2 Å². The zero-order valence-corrected chi connectivity index (χ0v) is 22.2. The van der Waals surface area contributed by atoms with Crippen molar-refractivity contribution >= 4 is 0 Å². The van der Waals surface area contributed by atoms with Gasteiger partial charge in [0.15, 0.2) is 5.82 Å². The number of aromatic nitrogens is 7. The molecule has 3 aromatic heterocycles. The lowest BCUT2D eigenvalue weighted by atomic mass is 9.56. The average Bonchev–Trinajstić information content (AvgIpc) is 3.54. The van der Waals surface area contributed by atoms with Crippen molar-refractivity contribution in [1.82, 2.24) is 34.7 Å². The maximum Gasteiger partial charge on any atom is 0.328 e. The summed E-state index contributed by atoms with van der Waals surface area (Å²) >= 11 is 0. The molecule has 194 valence electrons. The highest BCUT2D eigenvalue weighted by molar-refractivity contribution is 5.70. The molecule has 37 heavy (non-hydrogen) atoms. The first kappa shape index (κ1) is 25.1. The van der Waals surface area contributed by atoms with Gasteiger partial charge < -0.3 is 0 Å². The van der Waals surface area contributed by atoms with Gasteiger partial charge >= 0.3 is 5.69 Å². The molecular formula is C29H37N7O. The third-order valence-corrected chi connectivity index (χ3v) is 8.22. The molecule has 0 radical (unpaired) electrons. The number of rotatable bonds is 10. The molecule has 0 aliphatic heterocycles. The number of hydrogen-bond donors (Lipinski definition) is 1. The summed E-state index contributed by atoms with van der Waals surface area (Å²) in [6.07, 6.45) is 10.3. The molecule has 8 heteroatoms. The summed E-state index contributed by atoms with van der Waals surface area (Å²) in [7, 11) is 0. The molecule has 1 N–H and O–H groups in total. The Morgan fingerprint density at radius 3 is 2.62 bits per heavy atom. The Kier molecular flexibility index (Phi) is 7.35. The first-order valence-corrected chi connectivity index (χ1v) is 13.6. The predicted octanol–water partition coefficient (Wildman–Crippen LogP) is 5.60. The SMILES string of the molecule is CCCC(C1C(CC)CC1C(C)C)n1ccn(Cc2cc(-c3cccc(-c4nnn[nH]4)c3)ccn2)c1=O. The number of nitrogens with one attached hydrogen (secondary N) is 1. The Bertz CT molecular complexity index is 1370. The van der Waals surface area contributed by atoms with Crippen molar-refractivity contribution in [3.05, 3.63) is 71.2 Å². The molecule has 1 aliphatic carbocycles. The number of nitrogens with zero attached hydrogens (tertiary/aromatic N) is 6. The van der Waals surface area contributed by atoms with E-state index in [1.165, 1.54) is 12.8 Å². The van der Waals surface area contributed by atoms with Gasteiger partial charge in [-0.05, 0) is 76.3 Å². The topological polar surface area (TPSA) is 94.3 Å². The molecule has 1 aliphatic rings. The van der Waals surface area contributed by atoms with Crippen LogP contribution in [0.15, 0.2) is 59.8 Å². The van der Waals surface area contributed by atoms with Gasteiger partial charge in [-0.25, -0.2) is 9.89 Å². The molecule has 8 nitrogen and oxygen atoms in total. The van der Waals surface area contributed by atoms with Gasteiger partial charge in [0.25, 0.3) is 0 Å². The fourth-order valence-electron chi connectivity index (χ4n) is 6.23. The normalized spacial score (nSPS) is 20.2. The second-order valence-electron chi connectivity index (χ2n) is 10.7. The van der Waals surface area contributed by atoms with E-state index in [1.54, 1.807) is 4.57 Å². The fourth-order valence-corrected chi connectivity index (χ4v) is 6.23. The quantitative estimate of drug-likeness (QED) is 0.306. The van der Waals surface area contributed by atoms with Crippen molar-refractivity contribution in [3.8, 4) is 22.5 Å². The van der Waals surface area contributed by atoms with Crippen molar-refractivity contribution in [3.63, 3.8) is 0 Å². The maximum absolute atomic E-state index is 13.6. The van der Waals surface area contributed by atoms with Gasteiger partial charge in [0, 0.05) is 30.2 Å². The van der Waals surface area contributed by atoms with E-state index >= 15 is 0 Å². The predicted molar refractivity (Wildman–Crippen MR) is 145 cm³/mol. The van der Waals surface area contributed by atoms with Crippen LogP contribution in [0.2, 0.25) is 0 Å². The van der Waals surface area contributed by atoms with Crippen LogP contribution in [0, 0.1) is 23.7 Å². The van der Waals surface area contributed by atoms with Gasteiger partial charge in [0.1, 0.15) is 0 Å². The minimum absolute atomic E-state index is 0.0646. The minimum Gasteiger partial charge on any atom is -0.296 e. The van der Waals surface area contributed by atoms with E-state index in [2.05, 4.69) is 65.4 Å². The van der Waals surface area contributed by atoms with Crippen molar-refractivity contribution in [1.29, 1.82) is 0 Å². The van der Waals surface area contributed by atoms with Crippen LogP contribution in [0.5, 0.6) is 0 Å². The number of pyridine rings is 1. The van der Waals surface area contributed by atoms with Crippen molar-refractivity contribution in [2.75, 3.05) is 0 Å². The standard InChI is InChI=1S/C29H37N7O/c1-5-8-26(27-20(6-2)17-25(27)19(3)4)36-14-13-35(29(36)37)18-24-16-22(11-12-30-24)21-9-7-10-23(15-21)28-31-33-34-32-28/h7,9-16,19-20,25-27H,5-6,8,17-18H2,1-4H3,(H,31,32,33,34). The highest BCUT2D eigenvalue weighted by Gasteiger charge is 2.46. The lowest BCUT2D eigenvalue weighted by Gasteiger charge is -2.51. The van der Waals surface area contributed by atoms with Crippen LogP contribution in [-0.4, -0.2) is 34.7 Å². The molecular weight excluding hydrogens is 462 g/mol. The van der Waals surface area contributed by atoms with Gasteiger partial charge in [-0.15, -0.1) is 5.10 Å². The van der Waals surface area contributed by atoms with E-state index in [0.29, 0.717) is 36.0 Å². The van der Waals surface area contributed by atoms with Crippen LogP contribution in [0.1, 0.15) is 65.1 Å². The zero-order chi connectivity index (χ0) is 25.9.